The third-order valence-electron chi connectivity index (χ3n) is 8.68. The Morgan fingerprint density at radius 3 is 1.34 bits per heavy atom. The van der Waals surface area contributed by atoms with E-state index >= 15 is 0 Å². The average molecular weight is 625 g/mol. The van der Waals surface area contributed by atoms with E-state index < -0.39 is 12.1 Å². The zero-order chi connectivity index (χ0) is 32.7. The summed E-state index contributed by atoms with van der Waals surface area (Å²) in [5, 5.41) is 5.93. The van der Waals surface area contributed by atoms with Gasteiger partial charge >= 0.3 is 0 Å². The Morgan fingerprint density at radius 2 is 0.955 bits per heavy atom. The first-order valence-corrected chi connectivity index (χ1v) is 18.9. The van der Waals surface area contributed by atoms with Gasteiger partial charge in [-0.3, -0.25) is 9.59 Å². The Kier molecular flexibility index (Phi) is 30.9. The summed E-state index contributed by atoms with van der Waals surface area (Å²) in [5.41, 5.74) is 18.1. The number of nitrogens with one attached hydrogen (secondary N) is 2. The van der Waals surface area contributed by atoms with Crippen molar-refractivity contribution in [1.82, 2.24) is 15.5 Å². The lowest BCUT2D eigenvalue weighted by molar-refractivity contribution is -0.133. The molecule has 2 amide bonds. The molecule has 0 saturated carbocycles. The van der Waals surface area contributed by atoms with Crippen molar-refractivity contribution >= 4 is 11.8 Å². The molecule has 0 heterocycles. The van der Waals surface area contributed by atoms with Gasteiger partial charge in [-0.1, -0.05) is 142 Å². The fourth-order valence-electron chi connectivity index (χ4n) is 5.71. The molecular weight excluding hydrogens is 548 g/mol. The summed E-state index contributed by atoms with van der Waals surface area (Å²) in [5.74, 6) is -0.310. The van der Waals surface area contributed by atoms with E-state index in [1.165, 1.54) is 116 Å². The first-order chi connectivity index (χ1) is 21.3. The second-order valence-corrected chi connectivity index (χ2v) is 13.2. The molecule has 0 aromatic carbocycles. The van der Waals surface area contributed by atoms with Crippen LogP contribution in [0, 0.1) is 0 Å². The van der Waals surface area contributed by atoms with Crippen molar-refractivity contribution in [3.8, 4) is 0 Å². The molecule has 44 heavy (non-hydrogen) atoms. The smallest absolute Gasteiger partial charge is 0.241 e. The van der Waals surface area contributed by atoms with Crippen molar-refractivity contribution in [3.63, 3.8) is 0 Å². The highest BCUT2D eigenvalue weighted by molar-refractivity contribution is 5.84. The van der Waals surface area contributed by atoms with Gasteiger partial charge in [0.05, 0.1) is 12.2 Å². The molecule has 0 bridgehead atoms. The Bertz CT molecular complexity index is 648. The standard InChI is InChI=1S/C36H76N6O2/c1-4-6-8-10-12-14-16-17-19-21-23-25-30-42(29-24-22-20-18-15-13-11-9-7-5-2)36(44)34(39)31-41-35(43)33(38)27-26-28-40-32(3)37/h32-34,40H,4-31,37-39H2,1-3H3,(H,41,43). The third-order valence-corrected chi connectivity index (χ3v) is 8.68. The lowest BCUT2D eigenvalue weighted by Crippen LogP contribution is -2.52. The van der Waals surface area contributed by atoms with Crippen LogP contribution in [0.4, 0.5) is 0 Å². The van der Waals surface area contributed by atoms with E-state index in [9.17, 15) is 9.59 Å². The number of amides is 2. The summed E-state index contributed by atoms with van der Waals surface area (Å²) < 4.78 is 0. The van der Waals surface area contributed by atoms with E-state index in [0.29, 0.717) is 13.0 Å². The normalized spacial score (nSPS) is 13.5. The lowest BCUT2D eigenvalue weighted by Gasteiger charge is -2.26. The fraction of sp³-hybridized carbons (Fsp3) is 0.944. The van der Waals surface area contributed by atoms with Gasteiger partial charge < -0.3 is 32.7 Å². The van der Waals surface area contributed by atoms with E-state index in [1.807, 2.05) is 11.8 Å². The van der Waals surface area contributed by atoms with Crippen LogP contribution in [0.1, 0.15) is 175 Å². The highest BCUT2D eigenvalue weighted by Crippen LogP contribution is 2.14. The first-order valence-electron chi connectivity index (χ1n) is 18.9. The molecule has 8 heteroatoms. The second kappa shape index (κ2) is 31.7. The second-order valence-electron chi connectivity index (χ2n) is 13.2. The van der Waals surface area contributed by atoms with Crippen LogP contribution >= 0.6 is 0 Å². The molecule has 0 aliphatic rings. The van der Waals surface area contributed by atoms with Gasteiger partial charge in [-0.15, -0.1) is 0 Å². The molecule has 0 radical (unpaired) electrons. The summed E-state index contributed by atoms with van der Waals surface area (Å²) in [4.78, 5) is 27.8. The number of rotatable bonds is 33. The fourth-order valence-corrected chi connectivity index (χ4v) is 5.71. The molecule has 0 saturated heterocycles. The number of unbranched alkanes of at least 4 members (excludes halogenated alkanes) is 20. The number of carbonyl (C=O) groups is 2. The molecule has 0 rings (SSSR count). The van der Waals surface area contributed by atoms with Crippen LogP contribution in [0.2, 0.25) is 0 Å². The van der Waals surface area contributed by atoms with Crippen molar-refractivity contribution < 1.29 is 9.59 Å². The van der Waals surface area contributed by atoms with E-state index in [1.54, 1.807) is 0 Å². The Labute approximate surface area is 273 Å². The quantitative estimate of drug-likeness (QED) is 0.0398. The van der Waals surface area contributed by atoms with Crippen molar-refractivity contribution in [2.24, 2.45) is 17.2 Å². The Morgan fingerprint density at radius 1 is 0.568 bits per heavy atom. The molecule has 8 N–H and O–H groups in total. The molecule has 0 aromatic rings. The van der Waals surface area contributed by atoms with Gasteiger partial charge in [0.2, 0.25) is 11.8 Å². The van der Waals surface area contributed by atoms with Crippen LogP contribution in [-0.2, 0) is 9.59 Å². The van der Waals surface area contributed by atoms with Gasteiger partial charge in [-0.05, 0) is 39.2 Å². The predicted octanol–water partition coefficient (Wildman–Crippen LogP) is 6.88. The average Bonchev–Trinajstić information content (AvgIpc) is 3.01. The molecule has 0 fully saturated rings. The highest BCUT2D eigenvalue weighted by Gasteiger charge is 2.22. The van der Waals surface area contributed by atoms with Crippen LogP contribution in [0.15, 0.2) is 0 Å². The zero-order valence-electron chi connectivity index (χ0n) is 29.5. The maximum atomic E-state index is 13.3. The van der Waals surface area contributed by atoms with E-state index in [0.717, 1.165) is 45.2 Å². The van der Waals surface area contributed by atoms with Gasteiger partial charge in [0.15, 0.2) is 0 Å². The first kappa shape index (κ1) is 42.8. The minimum atomic E-state index is -0.744. The predicted molar refractivity (Wildman–Crippen MR) is 189 cm³/mol. The maximum Gasteiger partial charge on any atom is 0.241 e. The van der Waals surface area contributed by atoms with Crippen molar-refractivity contribution in [3.05, 3.63) is 0 Å². The van der Waals surface area contributed by atoms with Gasteiger partial charge in [-0.2, -0.15) is 0 Å². The molecule has 0 aliphatic carbocycles. The topological polar surface area (TPSA) is 140 Å². The van der Waals surface area contributed by atoms with E-state index in [4.69, 9.17) is 17.2 Å². The van der Waals surface area contributed by atoms with Crippen LogP contribution < -0.4 is 27.8 Å². The molecular formula is C36H76N6O2. The van der Waals surface area contributed by atoms with E-state index in [2.05, 4.69) is 24.5 Å². The molecule has 0 aliphatic heterocycles. The Balaban J connectivity index is 4.46. The SMILES string of the molecule is CCCCCCCCCCCCCCN(CCCCCCCCCCCC)C(=O)C(N)CNC(=O)C(N)CCCNC(C)N. The minimum Gasteiger partial charge on any atom is -0.353 e. The zero-order valence-corrected chi connectivity index (χ0v) is 29.5. The van der Waals surface area contributed by atoms with Crippen LogP contribution in [0.25, 0.3) is 0 Å². The molecule has 0 aromatic heterocycles. The molecule has 8 nitrogen and oxygen atoms in total. The summed E-state index contributed by atoms with van der Waals surface area (Å²) in [6.07, 6.45) is 29.5. The van der Waals surface area contributed by atoms with Crippen molar-refractivity contribution in [2.75, 3.05) is 26.2 Å². The van der Waals surface area contributed by atoms with Crippen LogP contribution in [0.5, 0.6) is 0 Å². The maximum absolute atomic E-state index is 13.3. The molecule has 0 spiro atoms. The molecule has 3 unspecified atom stereocenters. The Hall–Kier alpha value is -1.22. The number of nitrogens with two attached hydrogens (primary N) is 3. The minimum absolute atomic E-state index is 0.0565. The van der Waals surface area contributed by atoms with Crippen molar-refractivity contribution in [2.45, 2.75) is 193 Å². The summed E-state index contributed by atoms with van der Waals surface area (Å²) in [6, 6.07) is -1.36. The molecule has 262 valence electrons. The molecule has 3 atom stereocenters. The third kappa shape index (κ3) is 27.1. The van der Waals surface area contributed by atoms with Crippen LogP contribution in [-0.4, -0.2) is 61.1 Å². The van der Waals surface area contributed by atoms with E-state index in [-0.39, 0.29) is 24.5 Å². The van der Waals surface area contributed by atoms with Crippen LogP contribution in [0.3, 0.4) is 0 Å². The lowest BCUT2D eigenvalue weighted by atomic mass is 10.0. The highest BCUT2D eigenvalue weighted by atomic mass is 16.2. The number of nitrogens with zero attached hydrogens (tertiary/aromatic N) is 1. The number of hydrogen-bond acceptors (Lipinski definition) is 6. The monoisotopic (exact) mass is 625 g/mol. The summed E-state index contributed by atoms with van der Waals surface area (Å²) in [7, 11) is 0. The van der Waals surface area contributed by atoms with Crippen molar-refractivity contribution in [1.29, 1.82) is 0 Å². The van der Waals surface area contributed by atoms with Gasteiger partial charge in [0.25, 0.3) is 0 Å². The number of hydrogen-bond donors (Lipinski definition) is 5. The number of carbonyl (C=O) groups excluding carboxylic acids is 2. The van der Waals surface area contributed by atoms with Gasteiger partial charge in [0, 0.05) is 19.6 Å². The largest absolute Gasteiger partial charge is 0.353 e. The van der Waals surface area contributed by atoms with Gasteiger partial charge in [-0.25, -0.2) is 0 Å². The van der Waals surface area contributed by atoms with Gasteiger partial charge in [0.1, 0.15) is 6.04 Å². The summed E-state index contributed by atoms with van der Waals surface area (Å²) >= 11 is 0. The summed E-state index contributed by atoms with van der Waals surface area (Å²) in [6.45, 7) is 8.74.